The van der Waals surface area contributed by atoms with Gasteiger partial charge in [-0.15, -0.1) is 0 Å². The molecule has 1 heterocycles. The van der Waals surface area contributed by atoms with Crippen LogP contribution in [0.25, 0.3) is 0 Å². The number of hydrogen-bond donors (Lipinski definition) is 2. The van der Waals surface area contributed by atoms with Crippen molar-refractivity contribution >= 4 is 6.03 Å². The molecule has 14 heavy (non-hydrogen) atoms. The van der Waals surface area contributed by atoms with E-state index in [0.717, 1.165) is 39.0 Å². The highest BCUT2D eigenvalue weighted by atomic mass is 16.2. The van der Waals surface area contributed by atoms with Gasteiger partial charge in [-0.25, -0.2) is 4.79 Å². The summed E-state index contributed by atoms with van der Waals surface area (Å²) in [6.45, 7) is 7.62. The van der Waals surface area contributed by atoms with Crippen molar-refractivity contribution in [3.63, 3.8) is 0 Å². The zero-order valence-corrected chi connectivity index (χ0v) is 9.18. The quantitative estimate of drug-likeness (QED) is 0.643. The molecule has 2 N–H and O–H groups in total. The van der Waals surface area contributed by atoms with Crippen molar-refractivity contribution in [2.45, 2.75) is 32.7 Å². The van der Waals surface area contributed by atoms with Crippen LogP contribution in [0.4, 0.5) is 4.79 Å². The molecule has 1 aliphatic heterocycles. The van der Waals surface area contributed by atoms with E-state index in [2.05, 4.69) is 17.6 Å². The molecule has 0 aromatic heterocycles. The molecule has 4 heteroatoms. The Balaban J connectivity index is 2.24. The number of rotatable bonds is 5. The molecule has 0 aromatic rings. The van der Waals surface area contributed by atoms with E-state index in [9.17, 15) is 4.79 Å². The zero-order valence-electron chi connectivity index (χ0n) is 9.18. The van der Waals surface area contributed by atoms with Gasteiger partial charge in [0.05, 0.1) is 6.04 Å². The van der Waals surface area contributed by atoms with Crippen LogP contribution in [0, 0.1) is 0 Å². The van der Waals surface area contributed by atoms with E-state index >= 15 is 0 Å². The number of nitrogens with one attached hydrogen (secondary N) is 2. The highest BCUT2D eigenvalue weighted by molar-refractivity contribution is 5.74. The van der Waals surface area contributed by atoms with Gasteiger partial charge in [0.2, 0.25) is 0 Å². The van der Waals surface area contributed by atoms with E-state index in [4.69, 9.17) is 0 Å². The van der Waals surface area contributed by atoms with Crippen molar-refractivity contribution in [1.29, 1.82) is 0 Å². The van der Waals surface area contributed by atoms with Crippen LogP contribution in [-0.2, 0) is 0 Å². The Morgan fingerprint density at radius 3 is 2.64 bits per heavy atom. The van der Waals surface area contributed by atoms with Gasteiger partial charge in [0.25, 0.3) is 0 Å². The minimum atomic E-state index is 0.0902. The summed E-state index contributed by atoms with van der Waals surface area (Å²) in [5.41, 5.74) is 0. The molecule has 1 saturated heterocycles. The van der Waals surface area contributed by atoms with Crippen molar-refractivity contribution in [1.82, 2.24) is 15.5 Å². The fourth-order valence-corrected chi connectivity index (χ4v) is 1.54. The molecular weight excluding hydrogens is 178 g/mol. The highest BCUT2D eigenvalue weighted by Gasteiger charge is 2.26. The summed E-state index contributed by atoms with van der Waals surface area (Å²) in [7, 11) is 0. The topological polar surface area (TPSA) is 44.4 Å². The molecule has 0 unspecified atom stereocenters. The first-order chi connectivity index (χ1) is 6.79. The van der Waals surface area contributed by atoms with Crippen molar-refractivity contribution in [3.05, 3.63) is 0 Å². The number of hydrogen-bond acceptors (Lipinski definition) is 2. The monoisotopic (exact) mass is 199 g/mol. The first-order valence-electron chi connectivity index (χ1n) is 5.54. The van der Waals surface area contributed by atoms with E-state index in [-0.39, 0.29) is 6.03 Å². The Morgan fingerprint density at radius 1 is 1.50 bits per heavy atom. The van der Waals surface area contributed by atoms with Gasteiger partial charge in [0.15, 0.2) is 0 Å². The van der Waals surface area contributed by atoms with Crippen molar-refractivity contribution in [2.24, 2.45) is 0 Å². The standard InChI is InChI=1S/C10H21N3O/c1-3-5-6-12-10(14)13(4-2)9-7-11-8-9/h9,11H,3-8H2,1-2H3,(H,12,14). The van der Waals surface area contributed by atoms with E-state index in [1.807, 2.05) is 11.8 Å². The van der Waals surface area contributed by atoms with Crippen LogP contribution < -0.4 is 10.6 Å². The van der Waals surface area contributed by atoms with Crippen LogP contribution in [0.1, 0.15) is 26.7 Å². The minimum Gasteiger partial charge on any atom is -0.338 e. The smallest absolute Gasteiger partial charge is 0.317 e. The molecule has 0 spiro atoms. The SMILES string of the molecule is CCCCNC(=O)N(CC)C1CNC1. The Kier molecular flexibility index (Phi) is 4.73. The molecule has 0 radical (unpaired) electrons. The highest BCUT2D eigenvalue weighted by Crippen LogP contribution is 2.04. The van der Waals surface area contributed by atoms with Gasteiger partial charge in [0.1, 0.15) is 0 Å². The fraction of sp³-hybridized carbons (Fsp3) is 0.900. The second-order valence-electron chi connectivity index (χ2n) is 3.68. The van der Waals surface area contributed by atoms with Crippen LogP contribution in [0.3, 0.4) is 0 Å². The maximum atomic E-state index is 11.7. The van der Waals surface area contributed by atoms with E-state index in [1.165, 1.54) is 0 Å². The van der Waals surface area contributed by atoms with Crippen LogP contribution >= 0.6 is 0 Å². The molecule has 82 valence electrons. The largest absolute Gasteiger partial charge is 0.338 e. The van der Waals surface area contributed by atoms with Crippen LogP contribution in [0.15, 0.2) is 0 Å². The Morgan fingerprint density at radius 2 is 2.21 bits per heavy atom. The number of unbranched alkanes of at least 4 members (excludes halogenated alkanes) is 1. The van der Waals surface area contributed by atoms with Crippen LogP contribution in [0.5, 0.6) is 0 Å². The van der Waals surface area contributed by atoms with E-state index in [1.54, 1.807) is 0 Å². The lowest BCUT2D eigenvalue weighted by molar-refractivity contribution is 0.154. The van der Waals surface area contributed by atoms with Gasteiger partial charge in [-0.3, -0.25) is 0 Å². The molecule has 0 bridgehead atoms. The molecule has 4 nitrogen and oxygen atoms in total. The summed E-state index contributed by atoms with van der Waals surface area (Å²) in [6.07, 6.45) is 2.18. The number of carbonyl (C=O) groups excluding carboxylic acids is 1. The molecule has 0 atom stereocenters. The third kappa shape index (κ3) is 2.87. The molecule has 2 amide bonds. The second-order valence-corrected chi connectivity index (χ2v) is 3.68. The molecular formula is C10H21N3O. The third-order valence-electron chi connectivity index (χ3n) is 2.61. The van der Waals surface area contributed by atoms with Gasteiger partial charge in [0, 0.05) is 26.2 Å². The van der Waals surface area contributed by atoms with Gasteiger partial charge in [-0.1, -0.05) is 13.3 Å². The number of likely N-dealkylation sites (N-methyl/N-ethyl adjacent to an activating group) is 1. The first kappa shape index (κ1) is 11.3. The average Bonchev–Trinajstić information content (AvgIpc) is 2.11. The van der Waals surface area contributed by atoms with Crippen molar-refractivity contribution in [2.75, 3.05) is 26.2 Å². The summed E-state index contributed by atoms with van der Waals surface area (Å²) in [6, 6.07) is 0.495. The van der Waals surface area contributed by atoms with Gasteiger partial charge in [-0.2, -0.15) is 0 Å². The van der Waals surface area contributed by atoms with Gasteiger partial charge in [-0.05, 0) is 13.3 Å². The number of nitrogens with zero attached hydrogens (tertiary/aromatic N) is 1. The Labute approximate surface area is 86.0 Å². The normalized spacial score (nSPS) is 16.1. The number of amides is 2. The Bertz CT molecular complexity index is 180. The maximum absolute atomic E-state index is 11.7. The second kappa shape index (κ2) is 5.86. The lowest BCUT2D eigenvalue weighted by Crippen LogP contribution is -2.60. The van der Waals surface area contributed by atoms with Gasteiger partial charge >= 0.3 is 6.03 Å². The summed E-state index contributed by atoms with van der Waals surface area (Å²) >= 11 is 0. The lowest BCUT2D eigenvalue weighted by Gasteiger charge is -2.37. The first-order valence-corrected chi connectivity index (χ1v) is 5.54. The predicted molar refractivity (Wildman–Crippen MR) is 57.3 cm³/mol. The summed E-state index contributed by atoms with van der Waals surface area (Å²) in [5, 5.41) is 6.12. The molecule has 0 saturated carbocycles. The Hall–Kier alpha value is -0.770. The summed E-state index contributed by atoms with van der Waals surface area (Å²) in [4.78, 5) is 13.6. The zero-order chi connectivity index (χ0) is 10.4. The van der Waals surface area contributed by atoms with E-state index in [0.29, 0.717) is 6.04 Å². The predicted octanol–water partition coefficient (Wildman–Crippen LogP) is 0.790. The van der Waals surface area contributed by atoms with Crippen LogP contribution in [0.2, 0.25) is 0 Å². The molecule has 1 aliphatic rings. The summed E-state index contributed by atoms with van der Waals surface area (Å²) < 4.78 is 0. The van der Waals surface area contributed by atoms with Crippen LogP contribution in [-0.4, -0.2) is 43.2 Å². The number of carbonyl (C=O) groups is 1. The van der Waals surface area contributed by atoms with Crippen molar-refractivity contribution < 1.29 is 4.79 Å². The van der Waals surface area contributed by atoms with Crippen molar-refractivity contribution in [3.8, 4) is 0 Å². The minimum absolute atomic E-state index is 0.0902. The summed E-state index contributed by atoms with van der Waals surface area (Å²) in [5.74, 6) is 0. The molecule has 0 aliphatic carbocycles. The molecule has 0 aromatic carbocycles. The van der Waals surface area contributed by atoms with Gasteiger partial charge < -0.3 is 15.5 Å². The lowest BCUT2D eigenvalue weighted by atomic mass is 10.1. The maximum Gasteiger partial charge on any atom is 0.317 e. The third-order valence-corrected chi connectivity index (χ3v) is 2.61. The average molecular weight is 199 g/mol. The number of urea groups is 1. The van der Waals surface area contributed by atoms with E-state index < -0.39 is 0 Å². The molecule has 1 fully saturated rings. The fourth-order valence-electron chi connectivity index (χ4n) is 1.54. The molecule has 1 rings (SSSR count).